The van der Waals surface area contributed by atoms with E-state index in [-0.39, 0.29) is 18.4 Å². The number of carbonyl (C=O) groups is 1. The normalized spacial score (nSPS) is 12.4. The molecule has 2 N–H and O–H groups in total. The fourth-order valence-electron chi connectivity index (χ4n) is 3.96. The van der Waals surface area contributed by atoms with E-state index in [4.69, 9.17) is 16.7 Å². The smallest absolute Gasteiger partial charge is 0.268 e. The van der Waals surface area contributed by atoms with Gasteiger partial charge < -0.3 is 10.4 Å². The second kappa shape index (κ2) is 10.8. The monoisotopic (exact) mass is 481 g/mol. The van der Waals surface area contributed by atoms with E-state index in [1.165, 1.54) is 4.80 Å². The second-order valence-electron chi connectivity index (χ2n) is 8.67. The predicted molar refractivity (Wildman–Crippen MR) is 129 cm³/mol. The van der Waals surface area contributed by atoms with Gasteiger partial charge in [0.25, 0.3) is 5.91 Å². The summed E-state index contributed by atoms with van der Waals surface area (Å²) in [6.07, 6.45) is 3.11. The molecule has 0 radical (unpaired) electrons. The van der Waals surface area contributed by atoms with Crippen molar-refractivity contribution < 1.29 is 9.90 Å². The van der Waals surface area contributed by atoms with E-state index in [0.717, 1.165) is 12.0 Å². The van der Waals surface area contributed by atoms with Gasteiger partial charge in [0.05, 0.1) is 12.3 Å². The Morgan fingerprint density at radius 2 is 1.97 bits per heavy atom. The van der Waals surface area contributed by atoms with E-state index in [1.54, 1.807) is 10.5 Å². The quantitative estimate of drug-likeness (QED) is 0.360. The zero-order chi connectivity index (χ0) is 24.1. The number of nitrogens with zero attached hydrogens (tertiary/aromatic N) is 6. The van der Waals surface area contributed by atoms with E-state index >= 15 is 0 Å². The van der Waals surface area contributed by atoms with Crippen LogP contribution in [0.25, 0.3) is 5.65 Å². The first-order valence-electron chi connectivity index (χ1n) is 11.3. The lowest BCUT2D eigenvalue weighted by molar-refractivity contribution is 0.0943. The van der Waals surface area contributed by atoms with Gasteiger partial charge in [0.15, 0.2) is 5.82 Å². The van der Waals surface area contributed by atoms with Crippen LogP contribution in [-0.2, 0) is 13.0 Å². The summed E-state index contributed by atoms with van der Waals surface area (Å²) in [6.45, 7) is 5.15. The van der Waals surface area contributed by atoms with Crippen molar-refractivity contribution in [3.05, 3.63) is 76.5 Å². The second-order valence-corrected chi connectivity index (χ2v) is 9.11. The van der Waals surface area contributed by atoms with Gasteiger partial charge >= 0.3 is 0 Å². The standard InChI is InChI=1S/C24H28ClN7O2/c1-16(2)12-18(17-6-8-19(25)9-7-17)13-26-24(34)21-4-3-5-23-27-20(14-31(21)23)15-32-29-22(10-11-33)28-30-32/h3-9,14,16,18,33H,10-13,15H2,1-2H3,(H,26,34). The van der Waals surface area contributed by atoms with Crippen LogP contribution in [0.4, 0.5) is 0 Å². The minimum absolute atomic E-state index is 0.0332. The fraction of sp³-hybridized carbons (Fsp3) is 0.375. The van der Waals surface area contributed by atoms with Gasteiger partial charge in [-0.3, -0.25) is 9.20 Å². The Labute approximate surface area is 202 Å². The van der Waals surface area contributed by atoms with Crippen LogP contribution in [0.15, 0.2) is 48.7 Å². The summed E-state index contributed by atoms with van der Waals surface area (Å²) < 4.78 is 1.77. The molecule has 0 saturated heterocycles. The van der Waals surface area contributed by atoms with Gasteiger partial charge in [0.1, 0.15) is 17.9 Å². The zero-order valence-electron chi connectivity index (χ0n) is 19.2. The van der Waals surface area contributed by atoms with Crippen LogP contribution in [0, 0.1) is 5.92 Å². The molecule has 0 fully saturated rings. The largest absolute Gasteiger partial charge is 0.396 e. The molecule has 0 aliphatic rings. The first-order valence-corrected chi connectivity index (χ1v) is 11.7. The zero-order valence-corrected chi connectivity index (χ0v) is 20.0. The van der Waals surface area contributed by atoms with Crippen LogP contribution in [0.2, 0.25) is 5.02 Å². The summed E-state index contributed by atoms with van der Waals surface area (Å²) in [5.74, 6) is 0.982. The maximum absolute atomic E-state index is 13.1. The summed E-state index contributed by atoms with van der Waals surface area (Å²) in [7, 11) is 0. The highest BCUT2D eigenvalue weighted by molar-refractivity contribution is 6.30. The summed E-state index contributed by atoms with van der Waals surface area (Å²) in [5.41, 5.74) is 3.02. The molecular formula is C24H28ClN7O2. The minimum atomic E-state index is -0.165. The lowest BCUT2D eigenvalue weighted by atomic mass is 9.90. The fourth-order valence-corrected chi connectivity index (χ4v) is 4.08. The molecule has 3 heterocycles. The van der Waals surface area contributed by atoms with E-state index in [9.17, 15) is 4.79 Å². The molecule has 1 atom stereocenters. The number of rotatable bonds is 10. The Morgan fingerprint density at radius 3 is 2.71 bits per heavy atom. The highest BCUT2D eigenvalue weighted by Gasteiger charge is 2.18. The third-order valence-corrected chi connectivity index (χ3v) is 5.77. The number of halogens is 1. The number of carbonyl (C=O) groups excluding carboxylic acids is 1. The van der Waals surface area contributed by atoms with E-state index < -0.39 is 0 Å². The number of aliphatic hydroxyl groups is 1. The number of amides is 1. The van der Waals surface area contributed by atoms with Gasteiger partial charge in [-0.2, -0.15) is 4.80 Å². The molecule has 178 valence electrons. The molecule has 4 aromatic rings. The van der Waals surface area contributed by atoms with Crippen molar-refractivity contribution in [1.29, 1.82) is 0 Å². The number of nitrogens with one attached hydrogen (secondary N) is 1. The summed E-state index contributed by atoms with van der Waals surface area (Å²) in [4.78, 5) is 19.1. The van der Waals surface area contributed by atoms with Crippen LogP contribution in [0.1, 0.15) is 53.8 Å². The molecule has 34 heavy (non-hydrogen) atoms. The minimum Gasteiger partial charge on any atom is -0.396 e. The highest BCUT2D eigenvalue weighted by atomic mass is 35.5. The van der Waals surface area contributed by atoms with Crippen LogP contribution in [0.3, 0.4) is 0 Å². The molecule has 0 saturated carbocycles. The van der Waals surface area contributed by atoms with Crippen molar-refractivity contribution >= 4 is 23.2 Å². The van der Waals surface area contributed by atoms with Crippen molar-refractivity contribution in [3.63, 3.8) is 0 Å². The van der Waals surface area contributed by atoms with Crippen molar-refractivity contribution in [2.45, 2.75) is 39.2 Å². The first-order chi connectivity index (χ1) is 16.4. The Hall–Kier alpha value is -3.30. The number of aromatic nitrogens is 6. The van der Waals surface area contributed by atoms with Gasteiger partial charge in [-0.15, -0.1) is 10.2 Å². The topological polar surface area (TPSA) is 110 Å². The molecule has 4 rings (SSSR count). The van der Waals surface area contributed by atoms with E-state index in [1.807, 2.05) is 42.6 Å². The highest BCUT2D eigenvalue weighted by Crippen LogP contribution is 2.25. The number of tetrazole rings is 1. The average Bonchev–Trinajstić information content (AvgIpc) is 3.43. The maximum Gasteiger partial charge on any atom is 0.268 e. The summed E-state index contributed by atoms with van der Waals surface area (Å²) >= 11 is 6.05. The van der Waals surface area contributed by atoms with Crippen molar-refractivity contribution in [2.24, 2.45) is 5.92 Å². The van der Waals surface area contributed by atoms with Crippen molar-refractivity contribution in [3.8, 4) is 0 Å². The number of imidazole rings is 1. The van der Waals surface area contributed by atoms with E-state index in [2.05, 4.69) is 39.6 Å². The van der Waals surface area contributed by atoms with E-state index in [0.29, 0.717) is 53.3 Å². The van der Waals surface area contributed by atoms with Gasteiger partial charge in [-0.05, 0) is 47.4 Å². The Kier molecular flexibility index (Phi) is 7.54. The van der Waals surface area contributed by atoms with Crippen LogP contribution in [-0.4, -0.2) is 53.8 Å². The number of pyridine rings is 1. The SMILES string of the molecule is CC(C)CC(CNC(=O)c1cccc2nc(Cn3nnc(CCO)n3)cn12)c1ccc(Cl)cc1. The molecule has 3 aromatic heterocycles. The Morgan fingerprint density at radius 1 is 1.18 bits per heavy atom. The maximum atomic E-state index is 13.1. The van der Waals surface area contributed by atoms with Crippen LogP contribution < -0.4 is 5.32 Å². The van der Waals surface area contributed by atoms with Gasteiger partial charge in [0, 0.05) is 30.1 Å². The number of hydrogen-bond acceptors (Lipinski definition) is 6. The molecule has 9 nitrogen and oxygen atoms in total. The third kappa shape index (κ3) is 5.78. The van der Waals surface area contributed by atoms with Crippen molar-refractivity contribution in [1.82, 2.24) is 34.9 Å². The average molecular weight is 482 g/mol. The van der Waals surface area contributed by atoms with Gasteiger partial charge in [-0.1, -0.05) is 43.6 Å². The first kappa shape index (κ1) is 23.8. The number of benzene rings is 1. The molecular weight excluding hydrogens is 454 g/mol. The van der Waals surface area contributed by atoms with Crippen LogP contribution in [0.5, 0.6) is 0 Å². The number of fused-ring (bicyclic) bond motifs is 1. The van der Waals surface area contributed by atoms with Gasteiger partial charge in [-0.25, -0.2) is 4.98 Å². The van der Waals surface area contributed by atoms with Crippen molar-refractivity contribution in [2.75, 3.05) is 13.2 Å². The number of aliphatic hydroxyl groups excluding tert-OH is 1. The number of hydrogen-bond donors (Lipinski definition) is 2. The molecule has 0 aliphatic carbocycles. The summed E-state index contributed by atoms with van der Waals surface area (Å²) in [5, 5.41) is 24.9. The molecule has 0 aliphatic heterocycles. The van der Waals surface area contributed by atoms with Crippen LogP contribution >= 0.6 is 11.6 Å². The predicted octanol–water partition coefficient (Wildman–Crippen LogP) is 3.12. The summed E-state index contributed by atoms with van der Waals surface area (Å²) in [6, 6.07) is 13.3. The molecule has 1 unspecified atom stereocenters. The molecule has 1 amide bonds. The lowest BCUT2D eigenvalue weighted by Crippen LogP contribution is -2.30. The Bertz CT molecular complexity index is 1250. The lowest BCUT2D eigenvalue weighted by Gasteiger charge is -2.20. The van der Waals surface area contributed by atoms with Gasteiger partial charge in [0.2, 0.25) is 0 Å². The molecule has 0 bridgehead atoms. The molecule has 1 aromatic carbocycles. The molecule has 10 heteroatoms. The Balaban J connectivity index is 1.49. The molecule has 0 spiro atoms. The third-order valence-electron chi connectivity index (χ3n) is 5.51.